The number of sulfone groups is 1. The lowest BCUT2D eigenvalue weighted by atomic mass is 10.4. The van der Waals surface area contributed by atoms with E-state index in [0.29, 0.717) is 12.3 Å². The van der Waals surface area contributed by atoms with E-state index in [9.17, 15) is 8.42 Å². The Labute approximate surface area is 105 Å². The average Bonchev–Trinajstić information content (AvgIpc) is 2.42. The first-order valence-electron chi connectivity index (χ1n) is 5.67. The second-order valence-electron chi connectivity index (χ2n) is 4.36. The molecule has 0 saturated carbocycles. The Morgan fingerprint density at radius 1 is 1.25 bits per heavy atom. The molecule has 1 aliphatic heterocycles. The third-order valence-corrected chi connectivity index (χ3v) is 5.03. The fourth-order valence-corrected chi connectivity index (χ4v) is 2.60. The first-order chi connectivity index (χ1) is 7.02. The Morgan fingerprint density at radius 3 is 2.56 bits per heavy atom. The average molecular weight is 271 g/mol. The Morgan fingerprint density at radius 2 is 1.94 bits per heavy atom. The van der Waals surface area contributed by atoms with Crippen LogP contribution in [0.3, 0.4) is 0 Å². The van der Waals surface area contributed by atoms with Gasteiger partial charge in [0.05, 0.1) is 11.0 Å². The van der Waals surface area contributed by atoms with Crippen LogP contribution in [-0.2, 0) is 9.84 Å². The molecule has 0 unspecified atom stereocenters. The summed E-state index contributed by atoms with van der Waals surface area (Å²) in [7, 11) is -2.87. The maximum Gasteiger partial charge on any atom is 0.153 e. The third kappa shape index (κ3) is 5.48. The minimum atomic E-state index is -2.87. The molecule has 0 aromatic rings. The highest BCUT2D eigenvalue weighted by Gasteiger charge is 2.18. The quantitative estimate of drug-likeness (QED) is 0.810. The third-order valence-electron chi connectivity index (χ3n) is 2.84. The van der Waals surface area contributed by atoms with Crippen molar-refractivity contribution >= 4 is 22.2 Å². The van der Waals surface area contributed by atoms with Crippen molar-refractivity contribution in [2.45, 2.75) is 25.5 Å². The molecule has 16 heavy (non-hydrogen) atoms. The van der Waals surface area contributed by atoms with Crippen LogP contribution in [0.5, 0.6) is 0 Å². The highest BCUT2D eigenvalue weighted by atomic mass is 35.5. The molecule has 0 atom stereocenters. The summed E-state index contributed by atoms with van der Waals surface area (Å²) in [6, 6.07) is 0. The van der Waals surface area contributed by atoms with Gasteiger partial charge in [-0.2, -0.15) is 0 Å². The molecular weight excluding hydrogens is 248 g/mol. The Balaban J connectivity index is 0.00000225. The summed E-state index contributed by atoms with van der Waals surface area (Å²) in [6.45, 7) is 8.18. The molecule has 1 aliphatic rings. The fourth-order valence-electron chi connectivity index (χ4n) is 1.62. The van der Waals surface area contributed by atoms with Crippen LogP contribution in [0.1, 0.15) is 20.3 Å². The zero-order valence-corrected chi connectivity index (χ0v) is 11.7. The molecule has 0 aromatic heterocycles. The van der Waals surface area contributed by atoms with Crippen LogP contribution in [0.25, 0.3) is 0 Å². The van der Waals surface area contributed by atoms with E-state index in [1.807, 2.05) is 0 Å². The van der Waals surface area contributed by atoms with Gasteiger partial charge in [0.1, 0.15) is 0 Å². The summed E-state index contributed by atoms with van der Waals surface area (Å²) in [5.74, 6) is 0.296. The maximum absolute atomic E-state index is 11.6. The normalized spacial score (nSPS) is 19.2. The number of rotatable bonds is 4. The summed E-state index contributed by atoms with van der Waals surface area (Å²) >= 11 is 0. The molecule has 0 amide bonds. The van der Waals surface area contributed by atoms with Crippen molar-refractivity contribution in [2.24, 2.45) is 0 Å². The van der Waals surface area contributed by atoms with Crippen molar-refractivity contribution < 1.29 is 8.42 Å². The fraction of sp³-hybridized carbons (Fsp3) is 1.00. The molecule has 1 rings (SSSR count). The SMILES string of the molecule is CC(C)S(=O)(=O)CCN1CCCNCC1.Cl. The molecule has 98 valence electrons. The van der Waals surface area contributed by atoms with Crippen LogP contribution >= 0.6 is 12.4 Å². The number of halogens is 1. The molecule has 4 nitrogen and oxygen atoms in total. The Hall–Kier alpha value is 0.160. The molecule has 0 bridgehead atoms. The van der Waals surface area contributed by atoms with E-state index in [1.165, 1.54) is 0 Å². The molecule has 6 heteroatoms. The maximum atomic E-state index is 11.6. The predicted octanol–water partition coefficient (Wildman–Crippen LogP) is 0.527. The molecule has 0 aromatic carbocycles. The number of hydrogen-bond acceptors (Lipinski definition) is 4. The lowest BCUT2D eigenvalue weighted by Crippen LogP contribution is -2.34. The minimum Gasteiger partial charge on any atom is -0.315 e. The van der Waals surface area contributed by atoms with Gasteiger partial charge >= 0.3 is 0 Å². The van der Waals surface area contributed by atoms with Crippen LogP contribution in [0.2, 0.25) is 0 Å². The van der Waals surface area contributed by atoms with Gasteiger partial charge in [0.2, 0.25) is 0 Å². The first kappa shape index (κ1) is 16.2. The van der Waals surface area contributed by atoms with E-state index >= 15 is 0 Å². The number of nitrogens with zero attached hydrogens (tertiary/aromatic N) is 1. The Bertz CT molecular complexity index is 273. The van der Waals surface area contributed by atoms with Gasteiger partial charge in [0.25, 0.3) is 0 Å². The van der Waals surface area contributed by atoms with Crippen molar-refractivity contribution in [3.8, 4) is 0 Å². The number of nitrogens with one attached hydrogen (secondary N) is 1. The smallest absolute Gasteiger partial charge is 0.153 e. The van der Waals surface area contributed by atoms with Crippen molar-refractivity contribution in [3.63, 3.8) is 0 Å². The van der Waals surface area contributed by atoms with Gasteiger partial charge in [-0.05, 0) is 33.4 Å². The molecule has 1 saturated heterocycles. The standard InChI is InChI=1S/C10H22N2O2S.ClH/c1-10(2)15(13,14)9-8-12-6-3-4-11-5-7-12;/h10-11H,3-9H2,1-2H3;1H. The summed E-state index contributed by atoms with van der Waals surface area (Å²) in [6.07, 6.45) is 1.11. The lowest BCUT2D eigenvalue weighted by Gasteiger charge is -2.19. The van der Waals surface area contributed by atoms with E-state index in [2.05, 4.69) is 10.2 Å². The van der Waals surface area contributed by atoms with E-state index in [-0.39, 0.29) is 17.7 Å². The van der Waals surface area contributed by atoms with Crippen molar-refractivity contribution in [1.82, 2.24) is 10.2 Å². The number of hydrogen-bond donors (Lipinski definition) is 1. The molecule has 1 heterocycles. The second kappa shape index (κ2) is 7.48. The highest BCUT2D eigenvalue weighted by molar-refractivity contribution is 7.92. The molecular formula is C10H23ClN2O2S. The predicted molar refractivity (Wildman–Crippen MR) is 70.1 cm³/mol. The summed E-state index contributed by atoms with van der Waals surface area (Å²) in [4.78, 5) is 2.24. The zero-order valence-electron chi connectivity index (χ0n) is 10.1. The van der Waals surface area contributed by atoms with Crippen molar-refractivity contribution in [1.29, 1.82) is 0 Å². The van der Waals surface area contributed by atoms with Crippen molar-refractivity contribution in [3.05, 3.63) is 0 Å². The molecule has 1 fully saturated rings. The molecule has 0 spiro atoms. The van der Waals surface area contributed by atoms with E-state index in [1.54, 1.807) is 13.8 Å². The van der Waals surface area contributed by atoms with Crippen LogP contribution in [0, 0.1) is 0 Å². The van der Waals surface area contributed by atoms with E-state index in [0.717, 1.165) is 32.6 Å². The zero-order chi connectivity index (χ0) is 11.3. The van der Waals surface area contributed by atoms with E-state index in [4.69, 9.17) is 0 Å². The first-order valence-corrected chi connectivity index (χ1v) is 7.38. The monoisotopic (exact) mass is 270 g/mol. The minimum absolute atomic E-state index is 0. The molecule has 0 aliphatic carbocycles. The van der Waals surface area contributed by atoms with Gasteiger partial charge in [-0.3, -0.25) is 0 Å². The summed E-state index contributed by atoms with van der Waals surface area (Å²) < 4.78 is 23.2. The van der Waals surface area contributed by atoms with Gasteiger partial charge in [-0.1, -0.05) is 0 Å². The van der Waals surface area contributed by atoms with Gasteiger partial charge in [-0.15, -0.1) is 12.4 Å². The van der Waals surface area contributed by atoms with Crippen molar-refractivity contribution in [2.75, 3.05) is 38.5 Å². The van der Waals surface area contributed by atoms with Gasteiger partial charge in [0.15, 0.2) is 9.84 Å². The van der Waals surface area contributed by atoms with Crippen LogP contribution in [0.15, 0.2) is 0 Å². The van der Waals surface area contributed by atoms with Crippen LogP contribution < -0.4 is 5.32 Å². The van der Waals surface area contributed by atoms with Crippen LogP contribution in [-0.4, -0.2) is 57.0 Å². The largest absolute Gasteiger partial charge is 0.315 e. The summed E-state index contributed by atoms with van der Waals surface area (Å²) in [5, 5.41) is 3.06. The lowest BCUT2D eigenvalue weighted by molar-refractivity contribution is 0.309. The highest BCUT2D eigenvalue weighted by Crippen LogP contribution is 2.03. The Kier molecular flexibility index (Phi) is 7.55. The summed E-state index contributed by atoms with van der Waals surface area (Å²) in [5.41, 5.74) is 0. The topological polar surface area (TPSA) is 49.4 Å². The van der Waals surface area contributed by atoms with Gasteiger partial charge < -0.3 is 10.2 Å². The van der Waals surface area contributed by atoms with Gasteiger partial charge in [0, 0.05) is 19.6 Å². The van der Waals surface area contributed by atoms with E-state index < -0.39 is 9.84 Å². The second-order valence-corrected chi connectivity index (χ2v) is 7.04. The van der Waals surface area contributed by atoms with Crippen LogP contribution in [0.4, 0.5) is 0 Å². The van der Waals surface area contributed by atoms with Gasteiger partial charge in [-0.25, -0.2) is 8.42 Å². The molecule has 0 radical (unpaired) electrons. The molecule has 1 N–H and O–H groups in total.